The average molecular weight is 463 g/mol. The van der Waals surface area contributed by atoms with E-state index in [-0.39, 0.29) is 49.1 Å². The van der Waals surface area contributed by atoms with Gasteiger partial charge in [0, 0.05) is 45.1 Å². The van der Waals surface area contributed by atoms with Crippen LogP contribution in [0.4, 0.5) is 18.0 Å². The number of halogens is 3. The number of fused-ring (bicyclic) bond motifs is 1. The largest absolute Gasteiger partial charge is 0.401 e. The van der Waals surface area contributed by atoms with E-state index in [1.54, 1.807) is 6.92 Å². The van der Waals surface area contributed by atoms with Gasteiger partial charge in [0.05, 0.1) is 12.5 Å². The van der Waals surface area contributed by atoms with Gasteiger partial charge in [-0.3, -0.25) is 19.4 Å². The molecule has 1 saturated carbocycles. The normalized spacial score (nSPS) is 24.9. The van der Waals surface area contributed by atoms with Crippen LogP contribution in [0.25, 0.3) is 0 Å². The number of hydrogen-bond acceptors (Lipinski definition) is 5. The molecule has 0 aromatic heterocycles. The van der Waals surface area contributed by atoms with Gasteiger partial charge in [-0.15, -0.1) is 0 Å². The summed E-state index contributed by atoms with van der Waals surface area (Å²) in [7, 11) is 3.87. The molecule has 1 aliphatic carbocycles. The molecule has 3 atom stereocenters. The molecular formula is C22H37F3N4O3. The molecule has 1 heterocycles. The Balaban J connectivity index is 2.10. The van der Waals surface area contributed by atoms with Crippen molar-refractivity contribution >= 4 is 17.7 Å². The summed E-state index contributed by atoms with van der Waals surface area (Å²) in [5, 5.41) is 2.80. The van der Waals surface area contributed by atoms with Crippen molar-refractivity contribution in [3.05, 3.63) is 0 Å². The van der Waals surface area contributed by atoms with Crippen molar-refractivity contribution in [3.8, 4) is 0 Å². The summed E-state index contributed by atoms with van der Waals surface area (Å²) >= 11 is 0. The number of likely N-dealkylation sites (tertiary alicyclic amines) is 1. The Morgan fingerprint density at radius 3 is 2.44 bits per heavy atom. The van der Waals surface area contributed by atoms with E-state index in [9.17, 15) is 27.6 Å². The number of imide groups is 1. The van der Waals surface area contributed by atoms with E-state index in [0.717, 1.165) is 11.4 Å². The predicted molar refractivity (Wildman–Crippen MR) is 115 cm³/mol. The van der Waals surface area contributed by atoms with Crippen molar-refractivity contribution < 1.29 is 27.6 Å². The summed E-state index contributed by atoms with van der Waals surface area (Å²) in [6.45, 7) is 5.74. The van der Waals surface area contributed by atoms with Crippen molar-refractivity contribution in [2.45, 2.75) is 58.7 Å². The maximum atomic E-state index is 13.2. The van der Waals surface area contributed by atoms with E-state index in [4.69, 9.17) is 0 Å². The van der Waals surface area contributed by atoms with Gasteiger partial charge in [-0.25, -0.2) is 4.79 Å². The molecule has 0 radical (unpaired) electrons. The Morgan fingerprint density at radius 1 is 1.22 bits per heavy atom. The van der Waals surface area contributed by atoms with E-state index >= 15 is 0 Å². The summed E-state index contributed by atoms with van der Waals surface area (Å²) < 4.78 is 39.6. The van der Waals surface area contributed by atoms with E-state index in [2.05, 4.69) is 5.32 Å². The highest BCUT2D eigenvalue weighted by atomic mass is 19.4. The van der Waals surface area contributed by atoms with Crippen LogP contribution in [0.3, 0.4) is 0 Å². The molecule has 0 spiro atoms. The Bertz CT molecular complexity index is 696. The summed E-state index contributed by atoms with van der Waals surface area (Å²) in [4.78, 5) is 42.3. The van der Waals surface area contributed by atoms with Crippen LogP contribution in [0.1, 0.15) is 46.5 Å². The van der Waals surface area contributed by atoms with Gasteiger partial charge in [0.15, 0.2) is 0 Å². The quantitative estimate of drug-likeness (QED) is 0.630. The van der Waals surface area contributed by atoms with Gasteiger partial charge in [-0.1, -0.05) is 13.8 Å². The number of urea groups is 1. The second-order valence-corrected chi connectivity index (χ2v) is 10.2. The molecule has 1 N–H and O–H groups in total. The van der Waals surface area contributed by atoms with Gasteiger partial charge in [-0.2, -0.15) is 13.2 Å². The highest BCUT2D eigenvalue weighted by Gasteiger charge is 2.46. The zero-order chi connectivity index (χ0) is 24.3. The molecule has 0 aromatic carbocycles. The SMILES string of the molecule is CCN(C(=O)NCC(C)(C)CN(C)C)C(=O)[C@@H]1C[C@@H]2CC(=O)CC[C@H]2N(CC(F)(F)F)C1. The molecule has 3 amide bonds. The fourth-order valence-electron chi connectivity index (χ4n) is 5.19. The molecule has 10 heteroatoms. The zero-order valence-corrected chi connectivity index (χ0v) is 19.8. The van der Waals surface area contributed by atoms with Crippen molar-refractivity contribution in [2.75, 3.05) is 46.8 Å². The van der Waals surface area contributed by atoms with E-state index in [0.29, 0.717) is 19.4 Å². The second-order valence-electron chi connectivity index (χ2n) is 10.2. The van der Waals surface area contributed by atoms with Crippen molar-refractivity contribution in [1.82, 2.24) is 20.0 Å². The highest BCUT2D eigenvalue weighted by Crippen LogP contribution is 2.38. The standard InChI is InChI=1S/C22H37F3N4O3/c1-6-29(20(32)26-12-21(2,3)13-27(4)5)19(31)16-9-15-10-17(30)7-8-18(15)28(11-16)14-22(23,24)25/h15-16,18H,6-14H2,1-5H3,(H,26,32)/t15-,16-,18-/m1/s1. The van der Waals surface area contributed by atoms with E-state index in [1.165, 1.54) is 4.90 Å². The third kappa shape index (κ3) is 7.43. The summed E-state index contributed by atoms with van der Waals surface area (Å²) in [5.41, 5.74) is -0.217. The number of carbonyl (C=O) groups is 3. The number of amides is 3. The third-order valence-corrected chi connectivity index (χ3v) is 6.29. The monoisotopic (exact) mass is 462 g/mol. The van der Waals surface area contributed by atoms with Gasteiger partial charge < -0.3 is 10.2 Å². The zero-order valence-electron chi connectivity index (χ0n) is 19.8. The number of rotatable bonds is 7. The van der Waals surface area contributed by atoms with Crippen LogP contribution in [0, 0.1) is 17.3 Å². The number of alkyl halides is 3. The first-order chi connectivity index (χ1) is 14.7. The van der Waals surface area contributed by atoms with E-state index in [1.807, 2.05) is 32.8 Å². The second kappa shape index (κ2) is 10.5. The minimum absolute atomic E-state index is 0.0273. The minimum Gasteiger partial charge on any atom is -0.337 e. The van der Waals surface area contributed by atoms with Crippen LogP contribution in [0.2, 0.25) is 0 Å². The third-order valence-electron chi connectivity index (χ3n) is 6.29. The first-order valence-corrected chi connectivity index (χ1v) is 11.3. The number of ketones is 1. The number of Topliss-reactive ketones (excluding diaryl/α,β-unsaturated/α-hetero) is 1. The van der Waals surface area contributed by atoms with Gasteiger partial charge >= 0.3 is 12.2 Å². The molecule has 184 valence electrons. The Morgan fingerprint density at radius 2 is 1.88 bits per heavy atom. The fourth-order valence-corrected chi connectivity index (χ4v) is 5.19. The highest BCUT2D eigenvalue weighted by molar-refractivity contribution is 5.95. The molecule has 1 aliphatic heterocycles. The maximum Gasteiger partial charge on any atom is 0.401 e. The summed E-state index contributed by atoms with van der Waals surface area (Å²) in [6, 6.07) is -0.886. The number of carbonyl (C=O) groups excluding carboxylic acids is 3. The molecular weight excluding hydrogens is 425 g/mol. The average Bonchev–Trinajstić information content (AvgIpc) is 2.64. The van der Waals surface area contributed by atoms with Gasteiger partial charge in [0.1, 0.15) is 5.78 Å². The van der Waals surface area contributed by atoms with Crippen LogP contribution in [0.5, 0.6) is 0 Å². The smallest absolute Gasteiger partial charge is 0.337 e. The van der Waals surface area contributed by atoms with Crippen LogP contribution >= 0.6 is 0 Å². The lowest BCUT2D eigenvalue weighted by atomic mass is 9.74. The molecule has 0 unspecified atom stereocenters. The number of hydrogen-bond donors (Lipinski definition) is 1. The van der Waals surface area contributed by atoms with E-state index < -0.39 is 30.6 Å². The molecule has 0 bridgehead atoms. The lowest BCUT2D eigenvalue weighted by Crippen LogP contribution is -2.58. The molecule has 7 nitrogen and oxygen atoms in total. The predicted octanol–water partition coefficient (Wildman–Crippen LogP) is 2.75. The maximum absolute atomic E-state index is 13.2. The van der Waals surface area contributed by atoms with Gasteiger partial charge in [0.25, 0.3) is 0 Å². The van der Waals surface area contributed by atoms with Gasteiger partial charge in [-0.05, 0) is 45.2 Å². The first-order valence-electron chi connectivity index (χ1n) is 11.3. The Labute approximate surface area is 188 Å². The topological polar surface area (TPSA) is 73.0 Å². The Hall–Kier alpha value is -1.68. The molecule has 0 aromatic rings. The Kier molecular flexibility index (Phi) is 8.72. The molecule has 2 aliphatic rings. The summed E-state index contributed by atoms with van der Waals surface area (Å²) in [5.74, 6) is -1.48. The van der Waals surface area contributed by atoms with Gasteiger partial charge in [0.2, 0.25) is 5.91 Å². The van der Waals surface area contributed by atoms with Crippen LogP contribution < -0.4 is 5.32 Å². The number of nitrogens with one attached hydrogen (secondary N) is 1. The fraction of sp³-hybridized carbons (Fsp3) is 0.864. The van der Waals surface area contributed by atoms with Crippen LogP contribution in [0.15, 0.2) is 0 Å². The van der Waals surface area contributed by atoms with Crippen molar-refractivity contribution in [1.29, 1.82) is 0 Å². The number of nitrogens with zero attached hydrogens (tertiary/aromatic N) is 3. The molecule has 2 fully saturated rings. The van der Waals surface area contributed by atoms with Crippen LogP contribution in [-0.2, 0) is 9.59 Å². The summed E-state index contributed by atoms with van der Waals surface area (Å²) in [6.07, 6.45) is -3.20. The van der Waals surface area contributed by atoms with Crippen molar-refractivity contribution in [3.63, 3.8) is 0 Å². The van der Waals surface area contributed by atoms with Crippen molar-refractivity contribution in [2.24, 2.45) is 17.3 Å². The molecule has 1 saturated heterocycles. The lowest BCUT2D eigenvalue weighted by Gasteiger charge is -2.47. The molecule has 2 rings (SSSR count). The lowest BCUT2D eigenvalue weighted by molar-refractivity contribution is -0.166. The molecule has 32 heavy (non-hydrogen) atoms. The van der Waals surface area contributed by atoms with Crippen LogP contribution in [-0.4, -0.2) is 91.5 Å². The first kappa shape index (κ1) is 26.6. The minimum atomic E-state index is -4.39. The number of piperidine rings is 1.